The third kappa shape index (κ3) is 5.11. The number of carbonyl (C=O) groups excluding carboxylic acids is 1. The molecule has 1 amide bonds. The molecule has 0 aliphatic rings. The van der Waals surface area contributed by atoms with Gasteiger partial charge in [0.2, 0.25) is 11.7 Å². The summed E-state index contributed by atoms with van der Waals surface area (Å²) in [6.07, 6.45) is -0.406. The lowest BCUT2D eigenvalue weighted by Crippen LogP contribution is -2.21. The summed E-state index contributed by atoms with van der Waals surface area (Å²) in [6, 6.07) is 7.00. The summed E-state index contributed by atoms with van der Waals surface area (Å²) in [6.45, 7) is 1.49. The molecular weight excluding hydrogens is 452 g/mol. The number of aromatic hydroxyl groups is 1. The number of anilines is 1. The van der Waals surface area contributed by atoms with Crippen molar-refractivity contribution in [2.75, 3.05) is 26.6 Å². The highest BCUT2D eigenvalue weighted by Gasteiger charge is 2.28. The normalized spacial score (nSPS) is 11.6. The number of methoxy groups -OCH3 is 3. The predicted octanol–water partition coefficient (Wildman–Crippen LogP) is 4.12. The maximum absolute atomic E-state index is 14.0. The summed E-state index contributed by atoms with van der Waals surface area (Å²) in [5, 5.41) is 12.9. The third-order valence-corrected chi connectivity index (χ3v) is 5.12. The van der Waals surface area contributed by atoms with E-state index < -0.39 is 35.5 Å². The molecule has 3 rings (SSSR count). The van der Waals surface area contributed by atoms with E-state index in [2.05, 4.69) is 5.32 Å². The highest BCUT2D eigenvalue weighted by Crippen LogP contribution is 2.43. The molecule has 34 heavy (non-hydrogen) atoms. The fraction of sp³-hybridized carbons (Fsp3) is 0.250. The van der Waals surface area contributed by atoms with Crippen LogP contribution in [0.2, 0.25) is 0 Å². The van der Waals surface area contributed by atoms with Crippen LogP contribution in [0.4, 0.5) is 14.5 Å². The van der Waals surface area contributed by atoms with Gasteiger partial charge in [-0.2, -0.15) is 0 Å². The Hall–Kier alpha value is -4.08. The Labute approximate surface area is 193 Å². The number of carbonyl (C=O) groups is 1. The second-order valence-corrected chi connectivity index (χ2v) is 7.33. The van der Waals surface area contributed by atoms with E-state index in [-0.39, 0.29) is 40.0 Å². The van der Waals surface area contributed by atoms with E-state index in [0.29, 0.717) is 11.6 Å². The van der Waals surface area contributed by atoms with E-state index >= 15 is 0 Å². The van der Waals surface area contributed by atoms with Gasteiger partial charge in [-0.15, -0.1) is 0 Å². The minimum absolute atomic E-state index is 0.174. The average Bonchev–Trinajstić information content (AvgIpc) is 2.78. The fourth-order valence-corrected chi connectivity index (χ4v) is 3.59. The Morgan fingerprint density at radius 1 is 1.06 bits per heavy atom. The first-order valence-electron chi connectivity index (χ1n) is 10.1. The smallest absolute Gasteiger partial charge is 0.343 e. The van der Waals surface area contributed by atoms with E-state index in [0.717, 1.165) is 12.1 Å². The zero-order valence-corrected chi connectivity index (χ0v) is 18.9. The standard InChI is InChI=1S/C24H23F2NO7/c1-12-7-18(28)22(24(30)34-12)15(11-21(29)27-17-6-5-14(25)10-16(17)26)13-8-19(31-2)23(33-4)20(9-13)32-3/h5-10,15,28H,11H2,1-4H3,(H,27,29)/t15-/m1/s1. The number of nitrogens with one attached hydrogen (secondary N) is 1. The number of halogens is 2. The first-order valence-corrected chi connectivity index (χ1v) is 10.1. The SMILES string of the molecule is COc1cc([C@@H](CC(=O)Nc2ccc(F)cc2F)c2c(O)cc(C)oc2=O)cc(OC)c1OC. The number of hydrogen-bond donors (Lipinski definition) is 2. The minimum atomic E-state index is -1.05. The lowest BCUT2D eigenvalue weighted by atomic mass is 9.88. The molecule has 180 valence electrons. The molecule has 0 unspecified atom stereocenters. The van der Waals surface area contributed by atoms with Gasteiger partial charge in [0, 0.05) is 24.5 Å². The second kappa shape index (κ2) is 10.2. The molecule has 0 saturated heterocycles. The van der Waals surface area contributed by atoms with Crippen LogP contribution in [0, 0.1) is 18.6 Å². The number of hydrogen-bond acceptors (Lipinski definition) is 7. The summed E-state index contributed by atoms with van der Waals surface area (Å²) in [7, 11) is 4.22. The molecule has 0 aliphatic carbocycles. The maximum Gasteiger partial charge on any atom is 0.343 e. The summed E-state index contributed by atoms with van der Waals surface area (Å²) < 4.78 is 48.4. The van der Waals surface area contributed by atoms with Crippen molar-refractivity contribution in [3.05, 3.63) is 75.3 Å². The van der Waals surface area contributed by atoms with Crippen molar-refractivity contribution in [3.8, 4) is 23.0 Å². The van der Waals surface area contributed by atoms with Crippen LogP contribution in [0.15, 0.2) is 45.6 Å². The molecule has 0 fully saturated rings. The number of aryl methyl sites for hydroxylation is 1. The highest BCUT2D eigenvalue weighted by atomic mass is 19.1. The van der Waals surface area contributed by atoms with Crippen molar-refractivity contribution in [2.24, 2.45) is 0 Å². The van der Waals surface area contributed by atoms with Gasteiger partial charge in [0.25, 0.3) is 0 Å². The van der Waals surface area contributed by atoms with Crippen molar-refractivity contribution < 1.29 is 37.3 Å². The summed E-state index contributed by atoms with van der Waals surface area (Å²) in [4.78, 5) is 25.5. The molecular formula is C24H23F2NO7. The fourth-order valence-electron chi connectivity index (χ4n) is 3.59. The van der Waals surface area contributed by atoms with Crippen LogP contribution < -0.4 is 25.2 Å². The van der Waals surface area contributed by atoms with Crippen LogP contribution in [0.5, 0.6) is 23.0 Å². The molecule has 0 saturated carbocycles. The van der Waals surface area contributed by atoms with E-state index in [1.165, 1.54) is 46.5 Å². The quantitative estimate of drug-likeness (QED) is 0.505. The molecule has 1 aromatic heterocycles. The summed E-state index contributed by atoms with van der Waals surface area (Å²) in [5.74, 6) is -2.93. The van der Waals surface area contributed by atoms with E-state index in [1.807, 2.05) is 0 Å². The first kappa shape index (κ1) is 24.6. The van der Waals surface area contributed by atoms with Crippen LogP contribution in [-0.4, -0.2) is 32.3 Å². The van der Waals surface area contributed by atoms with Crippen molar-refractivity contribution in [2.45, 2.75) is 19.3 Å². The monoisotopic (exact) mass is 475 g/mol. The van der Waals surface area contributed by atoms with Crippen LogP contribution in [0.25, 0.3) is 0 Å². The van der Waals surface area contributed by atoms with Gasteiger partial charge >= 0.3 is 5.63 Å². The van der Waals surface area contributed by atoms with Gasteiger partial charge in [-0.3, -0.25) is 4.79 Å². The maximum atomic E-state index is 14.0. The Balaban J connectivity index is 2.11. The van der Waals surface area contributed by atoms with Gasteiger partial charge in [-0.05, 0) is 36.8 Å². The molecule has 0 radical (unpaired) electrons. The second-order valence-electron chi connectivity index (χ2n) is 7.33. The average molecular weight is 475 g/mol. The largest absolute Gasteiger partial charge is 0.507 e. The minimum Gasteiger partial charge on any atom is -0.507 e. The Bertz CT molecular complexity index is 1250. The molecule has 1 atom stereocenters. The number of rotatable bonds is 8. The number of benzene rings is 2. The topological polar surface area (TPSA) is 107 Å². The van der Waals surface area contributed by atoms with Gasteiger partial charge in [-0.1, -0.05) is 0 Å². The van der Waals surface area contributed by atoms with Crippen molar-refractivity contribution >= 4 is 11.6 Å². The van der Waals surface area contributed by atoms with Gasteiger partial charge < -0.3 is 29.1 Å². The zero-order valence-electron chi connectivity index (χ0n) is 18.9. The molecule has 8 nitrogen and oxygen atoms in total. The van der Waals surface area contributed by atoms with Gasteiger partial charge in [0.15, 0.2) is 11.5 Å². The van der Waals surface area contributed by atoms with Crippen LogP contribution in [0.3, 0.4) is 0 Å². The molecule has 10 heteroatoms. The van der Waals surface area contributed by atoms with Gasteiger partial charge in [-0.25, -0.2) is 13.6 Å². The zero-order chi connectivity index (χ0) is 25.0. The van der Waals surface area contributed by atoms with Crippen molar-refractivity contribution in [1.29, 1.82) is 0 Å². The first-order chi connectivity index (χ1) is 16.2. The van der Waals surface area contributed by atoms with Crippen molar-refractivity contribution in [1.82, 2.24) is 0 Å². The Kier molecular flexibility index (Phi) is 7.40. The van der Waals surface area contributed by atoms with Crippen LogP contribution >= 0.6 is 0 Å². The lowest BCUT2D eigenvalue weighted by Gasteiger charge is -2.21. The van der Waals surface area contributed by atoms with Crippen molar-refractivity contribution in [3.63, 3.8) is 0 Å². The van der Waals surface area contributed by atoms with E-state index in [1.54, 1.807) is 0 Å². The summed E-state index contributed by atoms with van der Waals surface area (Å²) in [5.41, 5.74) is -0.919. The van der Waals surface area contributed by atoms with E-state index in [9.17, 15) is 23.5 Å². The number of ether oxygens (including phenoxy) is 3. The molecule has 2 aromatic carbocycles. The molecule has 1 heterocycles. The van der Waals surface area contributed by atoms with E-state index in [4.69, 9.17) is 18.6 Å². The predicted molar refractivity (Wildman–Crippen MR) is 119 cm³/mol. The lowest BCUT2D eigenvalue weighted by molar-refractivity contribution is -0.116. The molecule has 0 spiro atoms. The molecule has 3 aromatic rings. The van der Waals surface area contributed by atoms with Crippen LogP contribution in [0.1, 0.15) is 29.2 Å². The Morgan fingerprint density at radius 2 is 1.71 bits per heavy atom. The van der Waals surface area contributed by atoms with Gasteiger partial charge in [0.1, 0.15) is 23.1 Å². The Morgan fingerprint density at radius 3 is 2.24 bits per heavy atom. The van der Waals surface area contributed by atoms with Gasteiger partial charge in [0.05, 0.1) is 32.6 Å². The summed E-state index contributed by atoms with van der Waals surface area (Å²) >= 11 is 0. The third-order valence-electron chi connectivity index (χ3n) is 5.12. The molecule has 0 aliphatic heterocycles. The highest BCUT2D eigenvalue weighted by molar-refractivity contribution is 5.91. The van der Waals surface area contributed by atoms with Crippen LogP contribution in [-0.2, 0) is 4.79 Å². The molecule has 2 N–H and O–H groups in total. The number of amides is 1. The molecule has 0 bridgehead atoms.